The number of aliphatic hydroxyl groups excluding tert-OH is 1. The van der Waals surface area contributed by atoms with Gasteiger partial charge in [0.2, 0.25) is 5.91 Å². The first-order chi connectivity index (χ1) is 9.40. The lowest BCUT2D eigenvalue weighted by Gasteiger charge is -2.11. The van der Waals surface area contributed by atoms with Crippen molar-refractivity contribution in [2.45, 2.75) is 24.9 Å². The number of carboxylic acids is 2. The maximum atomic E-state index is 10.1. The van der Waals surface area contributed by atoms with Crippen LogP contribution in [-0.2, 0) is 18.9 Å². The zero-order chi connectivity index (χ0) is 17.2. The number of nitrogens with one attached hydrogen (secondary N) is 1. The van der Waals surface area contributed by atoms with Crippen LogP contribution in [0.15, 0.2) is 0 Å². The molecule has 0 bridgehead atoms. The van der Waals surface area contributed by atoms with E-state index in [4.69, 9.17) is 36.6 Å². The number of nitrogens with two attached hydrogens (primary N) is 2. The second kappa shape index (κ2) is 10.2. The largest absolute Gasteiger partial charge is 0.480 e. The molecule has 1 amide bonds. The first-order valence-corrected chi connectivity index (χ1v) is 6.95. The Labute approximate surface area is 119 Å². The molecule has 0 saturated heterocycles. The van der Waals surface area contributed by atoms with Crippen molar-refractivity contribution in [1.29, 1.82) is 0 Å². The van der Waals surface area contributed by atoms with Crippen LogP contribution < -0.4 is 16.6 Å². The zero-order valence-electron chi connectivity index (χ0n) is 10.7. The summed E-state index contributed by atoms with van der Waals surface area (Å²) in [6.07, 6.45) is 0.123. The third-order valence-corrected chi connectivity index (χ3v) is 2.47. The highest BCUT2D eigenvalue weighted by Gasteiger charge is 2.24. The van der Waals surface area contributed by atoms with E-state index in [1.54, 1.807) is 0 Å². The van der Waals surface area contributed by atoms with Crippen LogP contribution >= 0.6 is 7.75 Å². The number of hydrogen-bond acceptors (Lipinski definition) is 6. The molecule has 0 aliphatic rings. The summed E-state index contributed by atoms with van der Waals surface area (Å²) in [5.74, 6) is -3.16. The predicted octanol–water partition coefficient (Wildman–Crippen LogP) is -3.22. The Kier molecular flexibility index (Phi) is 10.6. The Morgan fingerprint density at radius 2 is 1.62 bits per heavy atom. The molecule has 0 aromatic heterocycles. The third kappa shape index (κ3) is 14.7. The molecule has 124 valence electrons. The lowest BCUT2D eigenvalue weighted by Crippen LogP contribution is -2.37. The highest BCUT2D eigenvalue weighted by Crippen LogP contribution is 2.28. The maximum Gasteiger partial charge on any atom is 0.401 e. The molecule has 0 spiro atoms. The average molecular weight is 331 g/mol. The molecule has 0 aromatic rings. The molecule has 0 saturated carbocycles. The van der Waals surface area contributed by atoms with Crippen LogP contribution in [0.1, 0.15) is 12.8 Å². The molecule has 10 N–H and O–H groups in total. The number of primary amides is 1. The minimum atomic E-state index is -4.58. The summed E-state index contributed by atoms with van der Waals surface area (Å²) < 4.78 is 10.1. The van der Waals surface area contributed by atoms with Crippen LogP contribution in [0.5, 0.6) is 0 Å². The molecule has 0 rings (SSSR count). The fourth-order valence-electron chi connectivity index (χ4n) is 0.798. The highest BCUT2D eigenvalue weighted by atomic mass is 31.2. The van der Waals surface area contributed by atoms with Crippen molar-refractivity contribution in [1.82, 2.24) is 5.09 Å². The number of carbonyl (C=O) groups excluding carboxylic acids is 1. The van der Waals surface area contributed by atoms with Gasteiger partial charge in [0.25, 0.3) is 0 Å². The van der Waals surface area contributed by atoms with Crippen LogP contribution in [0.3, 0.4) is 0 Å². The van der Waals surface area contributed by atoms with Gasteiger partial charge in [-0.15, -0.1) is 0 Å². The normalized spacial score (nSPS) is 13.5. The van der Waals surface area contributed by atoms with Crippen LogP contribution in [0.2, 0.25) is 0 Å². The van der Waals surface area contributed by atoms with Gasteiger partial charge in [-0.05, 0) is 6.42 Å². The van der Waals surface area contributed by atoms with Crippen molar-refractivity contribution in [3.05, 3.63) is 0 Å². The van der Waals surface area contributed by atoms with E-state index in [1.807, 2.05) is 0 Å². The number of carboxylic acid groups (broad SMARTS) is 2. The molecule has 13 heteroatoms. The fraction of sp³-hybridized carbons (Fsp3) is 0.625. The van der Waals surface area contributed by atoms with E-state index in [0.717, 1.165) is 0 Å². The van der Waals surface area contributed by atoms with Crippen LogP contribution in [0.4, 0.5) is 0 Å². The molecule has 0 fully saturated rings. The second-order valence-electron chi connectivity index (χ2n) is 3.70. The summed E-state index contributed by atoms with van der Waals surface area (Å²) in [5.41, 5.74) is 9.81. The van der Waals surface area contributed by atoms with Gasteiger partial charge in [-0.3, -0.25) is 14.4 Å². The molecule has 0 heterocycles. The van der Waals surface area contributed by atoms with Gasteiger partial charge in [0, 0.05) is 6.42 Å². The number of aliphatic hydroxyl groups is 1. The summed E-state index contributed by atoms with van der Waals surface area (Å²) in [4.78, 5) is 46.6. The quantitative estimate of drug-likeness (QED) is 0.206. The van der Waals surface area contributed by atoms with Gasteiger partial charge in [0.1, 0.15) is 12.1 Å². The Balaban J connectivity index is 0. The Hall–Kier alpha value is -1.56. The van der Waals surface area contributed by atoms with Gasteiger partial charge in [0.05, 0.1) is 6.61 Å². The number of rotatable bonds is 8. The average Bonchev–Trinajstić information content (AvgIpc) is 2.32. The van der Waals surface area contributed by atoms with E-state index in [0.29, 0.717) is 0 Å². The van der Waals surface area contributed by atoms with E-state index in [2.05, 4.69) is 0 Å². The first-order valence-electron chi connectivity index (χ1n) is 5.34. The van der Waals surface area contributed by atoms with Gasteiger partial charge in [0.15, 0.2) is 0 Å². The minimum absolute atomic E-state index is 0.0213. The van der Waals surface area contributed by atoms with Crippen molar-refractivity contribution in [2.24, 2.45) is 11.5 Å². The third-order valence-electron chi connectivity index (χ3n) is 1.82. The standard InChI is InChI=1S/C5H10N2O3.C3H8NO6P/c6-3(5(9)10)1-2-4(7)8;5-1-2(3(6)7)4-11(8,9)10/h3H,1-2,6H2,(H2,7,8)(H,9,10);2,5H,1H2,(H,6,7)(H3,4,8,9,10)/t3-;2-/m00/s1. The first kappa shape index (κ1) is 21.7. The van der Waals surface area contributed by atoms with Gasteiger partial charge in [-0.25, -0.2) is 9.65 Å². The molecular formula is C8H18N3O9P. The number of amides is 1. The Morgan fingerprint density at radius 1 is 1.14 bits per heavy atom. The lowest BCUT2D eigenvalue weighted by atomic mass is 10.2. The van der Waals surface area contributed by atoms with E-state index >= 15 is 0 Å². The van der Waals surface area contributed by atoms with Gasteiger partial charge < -0.3 is 36.6 Å². The summed E-state index contributed by atoms with van der Waals surface area (Å²) in [6, 6.07) is -2.61. The minimum Gasteiger partial charge on any atom is -0.480 e. The van der Waals surface area contributed by atoms with Crippen LogP contribution in [-0.4, -0.2) is 61.6 Å². The summed E-state index contributed by atoms with van der Waals surface area (Å²) in [7, 11) is -4.58. The van der Waals surface area contributed by atoms with Crippen LogP contribution in [0.25, 0.3) is 0 Å². The molecule has 2 atom stereocenters. The molecular weight excluding hydrogens is 313 g/mol. The van der Waals surface area contributed by atoms with Gasteiger partial charge in [-0.2, -0.15) is 0 Å². The molecule has 0 aliphatic heterocycles. The topological polar surface area (TPSA) is 233 Å². The summed E-state index contributed by atoms with van der Waals surface area (Å²) in [6.45, 7) is -0.875. The smallest absolute Gasteiger partial charge is 0.401 e. The maximum absolute atomic E-state index is 10.1. The lowest BCUT2D eigenvalue weighted by molar-refractivity contribution is -0.140. The van der Waals surface area contributed by atoms with Crippen molar-refractivity contribution in [3.8, 4) is 0 Å². The second-order valence-corrected chi connectivity index (χ2v) is 5.04. The monoisotopic (exact) mass is 331 g/mol. The number of hydrogen-bond donors (Lipinski definition) is 8. The SMILES string of the molecule is NC(=O)CC[C@H](N)C(=O)O.O=C(O)[C@H](CO)NP(=O)(O)O. The Morgan fingerprint density at radius 3 is 1.81 bits per heavy atom. The Bertz CT molecular complexity index is 410. The van der Waals surface area contributed by atoms with Crippen molar-refractivity contribution < 1.29 is 44.1 Å². The predicted molar refractivity (Wildman–Crippen MR) is 67.7 cm³/mol. The molecule has 12 nitrogen and oxygen atoms in total. The molecule has 0 aliphatic carbocycles. The van der Waals surface area contributed by atoms with E-state index in [9.17, 15) is 18.9 Å². The van der Waals surface area contributed by atoms with E-state index in [-0.39, 0.29) is 12.8 Å². The van der Waals surface area contributed by atoms with E-state index in [1.165, 1.54) is 5.09 Å². The van der Waals surface area contributed by atoms with Crippen molar-refractivity contribution in [3.63, 3.8) is 0 Å². The van der Waals surface area contributed by atoms with Crippen molar-refractivity contribution in [2.75, 3.05) is 6.61 Å². The molecule has 0 radical (unpaired) electrons. The molecule has 21 heavy (non-hydrogen) atoms. The van der Waals surface area contributed by atoms with Gasteiger partial charge >= 0.3 is 19.7 Å². The fourth-order valence-corrected chi connectivity index (χ4v) is 1.40. The highest BCUT2D eigenvalue weighted by molar-refractivity contribution is 7.49. The van der Waals surface area contributed by atoms with E-state index < -0.39 is 44.3 Å². The summed E-state index contributed by atoms with van der Waals surface area (Å²) in [5, 5.41) is 26.1. The number of carbonyl (C=O) groups is 3. The zero-order valence-corrected chi connectivity index (χ0v) is 11.6. The van der Waals surface area contributed by atoms with Gasteiger partial charge in [-0.1, -0.05) is 0 Å². The molecule has 0 aromatic carbocycles. The molecule has 0 unspecified atom stereocenters. The van der Waals surface area contributed by atoms with Crippen LogP contribution in [0, 0.1) is 0 Å². The number of aliphatic carboxylic acids is 2. The van der Waals surface area contributed by atoms with Crippen molar-refractivity contribution >= 4 is 25.6 Å². The summed E-state index contributed by atoms with van der Waals surface area (Å²) >= 11 is 0.